The molecule has 0 unspecified atom stereocenters. The molecule has 2 heterocycles. The highest BCUT2D eigenvalue weighted by Gasteiger charge is 2.14. The smallest absolute Gasteiger partial charge is 0.287 e. The molecular formula is C13H19ClN4O. The molecule has 0 aliphatic carbocycles. The number of piperidine rings is 1. The van der Waals surface area contributed by atoms with Crippen LogP contribution in [0.2, 0.25) is 5.02 Å². The summed E-state index contributed by atoms with van der Waals surface area (Å²) in [4.78, 5) is 11.9. The van der Waals surface area contributed by atoms with Crippen molar-refractivity contribution in [2.45, 2.75) is 19.4 Å². The summed E-state index contributed by atoms with van der Waals surface area (Å²) in [6.45, 7) is 6.89. The molecule has 19 heavy (non-hydrogen) atoms. The average Bonchev–Trinajstić information content (AvgIpc) is 2.44. The van der Waals surface area contributed by atoms with Gasteiger partial charge in [-0.2, -0.15) is 5.10 Å². The third-order valence-electron chi connectivity index (χ3n) is 3.33. The first-order valence-corrected chi connectivity index (χ1v) is 6.91. The Morgan fingerprint density at radius 2 is 2.32 bits per heavy atom. The van der Waals surface area contributed by atoms with Gasteiger partial charge in [0.05, 0.1) is 18.4 Å². The largest absolute Gasteiger partial charge is 0.382 e. The van der Waals surface area contributed by atoms with Crippen molar-refractivity contribution in [3.05, 3.63) is 34.2 Å². The molecule has 0 radical (unpaired) electrons. The van der Waals surface area contributed by atoms with Crippen LogP contribution in [0, 0.1) is 5.92 Å². The molecule has 1 aliphatic rings. The van der Waals surface area contributed by atoms with Crippen molar-refractivity contribution < 1.29 is 0 Å². The zero-order valence-corrected chi connectivity index (χ0v) is 11.6. The van der Waals surface area contributed by atoms with E-state index >= 15 is 0 Å². The Morgan fingerprint density at radius 3 is 3.00 bits per heavy atom. The maximum absolute atomic E-state index is 11.9. The predicted molar refractivity (Wildman–Crippen MR) is 77.8 cm³/mol. The molecule has 1 aromatic heterocycles. The fraction of sp³-hybridized carbons (Fsp3) is 0.538. The van der Waals surface area contributed by atoms with Crippen molar-refractivity contribution in [2.75, 3.05) is 25.0 Å². The van der Waals surface area contributed by atoms with Crippen molar-refractivity contribution in [1.82, 2.24) is 15.1 Å². The van der Waals surface area contributed by atoms with E-state index in [1.807, 2.05) is 0 Å². The zero-order valence-electron chi connectivity index (χ0n) is 10.9. The van der Waals surface area contributed by atoms with Crippen LogP contribution in [0.3, 0.4) is 0 Å². The molecule has 1 aromatic rings. The lowest BCUT2D eigenvalue weighted by Crippen LogP contribution is -2.31. The summed E-state index contributed by atoms with van der Waals surface area (Å²) in [5.74, 6) is 0.618. The van der Waals surface area contributed by atoms with E-state index in [1.54, 1.807) is 12.3 Å². The first-order valence-electron chi connectivity index (χ1n) is 6.53. The van der Waals surface area contributed by atoms with Gasteiger partial charge in [0.2, 0.25) is 0 Å². The third kappa shape index (κ3) is 3.58. The molecule has 0 amide bonds. The lowest BCUT2D eigenvalue weighted by molar-refractivity contribution is 0.390. The molecule has 2 rings (SSSR count). The van der Waals surface area contributed by atoms with E-state index in [2.05, 4.69) is 22.3 Å². The van der Waals surface area contributed by atoms with Crippen LogP contribution in [-0.4, -0.2) is 29.4 Å². The molecule has 0 bridgehead atoms. The Kier molecular flexibility index (Phi) is 4.99. The van der Waals surface area contributed by atoms with E-state index in [-0.39, 0.29) is 10.6 Å². The Hall–Kier alpha value is -1.33. The number of aromatic nitrogens is 2. The average molecular weight is 283 g/mol. The highest BCUT2D eigenvalue weighted by atomic mass is 35.5. The lowest BCUT2D eigenvalue weighted by atomic mass is 9.98. The molecule has 5 nitrogen and oxygen atoms in total. The standard InChI is InChI=1S/C13H19ClN4O/c1-2-7-18-13(19)12(14)11(9-17-18)16-8-10-3-5-15-6-4-10/h2,9-10,15-16H,1,3-8H2. The topological polar surface area (TPSA) is 59.0 Å². The number of allylic oxidation sites excluding steroid dienone is 1. The first-order chi connectivity index (χ1) is 9.22. The van der Waals surface area contributed by atoms with Crippen LogP contribution in [0.5, 0.6) is 0 Å². The van der Waals surface area contributed by atoms with Gasteiger partial charge in [0.25, 0.3) is 5.56 Å². The van der Waals surface area contributed by atoms with Gasteiger partial charge in [0.1, 0.15) is 5.02 Å². The van der Waals surface area contributed by atoms with E-state index in [0.717, 1.165) is 32.5 Å². The van der Waals surface area contributed by atoms with Gasteiger partial charge < -0.3 is 10.6 Å². The summed E-state index contributed by atoms with van der Waals surface area (Å²) in [7, 11) is 0. The number of nitrogens with zero attached hydrogens (tertiary/aromatic N) is 2. The number of hydrogen-bond donors (Lipinski definition) is 2. The van der Waals surface area contributed by atoms with Gasteiger partial charge in [-0.05, 0) is 31.8 Å². The van der Waals surface area contributed by atoms with Gasteiger partial charge in [-0.15, -0.1) is 6.58 Å². The highest BCUT2D eigenvalue weighted by molar-refractivity contribution is 6.32. The second-order valence-electron chi connectivity index (χ2n) is 4.72. The number of nitrogens with one attached hydrogen (secondary N) is 2. The van der Waals surface area contributed by atoms with Crippen LogP contribution in [0.15, 0.2) is 23.6 Å². The van der Waals surface area contributed by atoms with Crippen molar-refractivity contribution in [2.24, 2.45) is 5.92 Å². The van der Waals surface area contributed by atoms with Gasteiger partial charge in [0, 0.05) is 6.54 Å². The van der Waals surface area contributed by atoms with Gasteiger partial charge in [-0.25, -0.2) is 4.68 Å². The first kappa shape index (κ1) is 14.1. The van der Waals surface area contributed by atoms with Crippen LogP contribution in [0.1, 0.15) is 12.8 Å². The van der Waals surface area contributed by atoms with E-state index in [0.29, 0.717) is 18.2 Å². The van der Waals surface area contributed by atoms with E-state index in [1.165, 1.54) is 4.68 Å². The lowest BCUT2D eigenvalue weighted by Gasteiger charge is -2.23. The van der Waals surface area contributed by atoms with E-state index < -0.39 is 0 Å². The minimum absolute atomic E-state index is 0.200. The maximum atomic E-state index is 11.9. The summed E-state index contributed by atoms with van der Waals surface area (Å²) in [6, 6.07) is 0. The fourth-order valence-electron chi connectivity index (χ4n) is 2.18. The number of anilines is 1. The molecule has 1 aliphatic heterocycles. The van der Waals surface area contributed by atoms with Gasteiger partial charge in [0.15, 0.2) is 0 Å². The molecule has 0 aromatic carbocycles. The van der Waals surface area contributed by atoms with Crippen molar-refractivity contribution in [1.29, 1.82) is 0 Å². The summed E-state index contributed by atoms with van der Waals surface area (Å²) in [5.41, 5.74) is 0.336. The minimum Gasteiger partial charge on any atom is -0.382 e. The molecular weight excluding hydrogens is 264 g/mol. The summed E-state index contributed by atoms with van der Waals surface area (Å²) < 4.78 is 1.30. The second kappa shape index (κ2) is 6.73. The van der Waals surface area contributed by atoms with Gasteiger partial charge in [-0.3, -0.25) is 4.79 Å². The molecule has 1 fully saturated rings. The maximum Gasteiger partial charge on any atom is 0.287 e. The highest BCUT2D eigenvalue weighted by Crippen LogP contribution is 2.18. The quantitative estimate of drug-likeness (QED) is 0.804. The fourth-order valence-corrected chi connectivity index (χ4v) is 2.39. The SMILES string of the molecule is C=CCn1ncc(NCC2CCNCC2)c(Cl)c1=O. The second-order valence-corrected chi connectivity index (χ2v) is 5.10. The number of halogens is 1. The van der Waals surface area contributed by atoms with Gasteiger partial charge in [-0.1, -0.05) is 17.7 Å². The summed E-state index contributed by atoms with van der Waals surface area (Å²) in [6.07, 6.45) is 5.51. The number of rotatable bonds is 5. The van der Waals surface area contributed by atoms with E-state index in [4.69, 9.17) is 11.6 Å². The minimum atomic E-state index is -0.281. The van der Waals surface area contributed by atoms with Crippen LogP contribution >= 0.6 is 11.6 Å². The molecule has 0 saturated carbocycles. The predicted octanol–water partition coefficient (Wildman–Crippen LogP) is 1.49. The summed E-state index contributed by atoms with van der Waals surface area (Å²) in [5, 5.41) is 10.8. The van der Waals surface area contributed by atoms with Crippen molar-refractivity contribution in [3.63, 3.8) is 0 Å². The molecule has 0 spiro atoms. The van der Waals surface area contributed by atoms with Gasteiger partial charge >= 0.3 is 0 Å². The Balaban J connectivity index is 2.02. The van der Waals surface area contributed by atoms with E-state index in [9.17, 15) is 4.79 Å². The Labute approximate surface area is 117 Å². The number of hydrogen-bond acceptors (Lipinski definition) is 4. The molecule has 104 valence electrons. The molecule has 0 atom stereocenters. The molecule has 1 saturated heterocycles. The van der Waals surface area contributed by atoms with Crippen LogP contribution in [0.4, 0.5) is 5.69 Å². The molecule has 6 heteroatoms. The zero-order chi connectivity index (χ0) is 13.7. The third-order valence-corrected chi connectivity index (χ3v) is 3.69. The van der Waals surface area contributed by atoms with Crippen molar-refractivity contribution >= 4 is 17.3 Å². The van der Waals surface area contributed by atoms with Crippen LogP contribution in [0.25, 0.3) is 0 Å². The van der Waals surface area contributed by atoms with Crippen LogP contribution < -0.4 is 16.2 Å². The Bertz CT molecular complexity index is 494. The van der Waals surface area contributed by atoms with Crippen LogP contribution in [-0.2, 0) is 6.54 Å². The summed E-state index contributed by atoms with van der Waals surface area (Å²) >= 11 is 6.07. The monoisotopic (exact) mass is 282 g/mol. The van der Waals surface area contributed by atoms with Crippen molar-refractivity contribution in [3.8, 4) is 0 Å². The normalized spacial score (nSPS) is 16.3. The molecule has 2 N–H and O–H groups in total. The Morgan fingerprint density at radius 1 is 1.58 bits per heavy atom.